The third-order valence-electron chi connectivity index (χ3n) is 5.31. The first-order valence-corrected chi connectivity index (χ1v) is 10.2. The average Bonchev–Trinajstić information content (AvgIpc) is 2.81. The second-order valence-electron chi connectivity index (χ2n) is 7.36. The predicted molar refractivity (Wildman–Crippen MR) is 118 cm³/mol. The van der Waals surface area contributed by atoms with Crippen molar-refractivity contribution in [3.05, 3.63) is 78.0 Å². The predicted octanol–water partition coefficient (Wildman–Crippen LogP) is 3.90. The Morgan fingerprint density at radius 2 is 1.55 bits per heavy atom. The second-order valence-corrected chi connectivity index (χ2v) is 7.36. The van der Waals surface area contributed by atoms with Crippen molar-refractivity contribution in [3.63, 3.8) is 0 Å². The maximum atomic E-state index is 11.4. The zero-order valence-electron chi connectivity index (χ0n) is 17.4. The molecule has 0 spiro atoms. The highest BCUT2D eigenvalue weighted by molar-refractivity contribution is 5.93. The zero-order valence-corrected chi connectivity index (χ0v) is 17.4. The molecule has 2 heterocycles. The summed E-state index contributed by atoms with van der Waals surface area (Å²) in [5.74, 6) is 1.96. The summed E-state index contributed by atoms with van der Waals surface area (Å²) >= 11 is 0. The number of methoxy groups -OCH3 is 1. The molecule has 1 fully saturated rings. The first-order chi connectivity index (χ1) is 15.1. The van der Waals surface area contributed by atoms with Gasteiger partial charge in [-0.15, -0.1) is 0 Å². The number of carboxylic acids is 1. The smallest absolute Gasteiger partial charge is 0.339 e. The molecule has 0 radical (unpaired) electrons. The van der Waals surface area contributed by atoms with E-state index in [4.69, 9.17) is 9.47 Å². The molecule has 160 valence electrons. The lowest BCUT2D eigenvalue weighted by molar-refractivity contribution is 0.0697. The van der Waals surface area contributed by atoms with Gasteiger partial charge in [-0.25, -0.2) is 9.78 Å². The summed E-state index contributed by atoms with van der Waals surface area (Å²) in [6.45, 7) is 4.02. The van der Waals surface area contributed by atoms with Gasteiger partial charge >= 0.3 is 5.97 Å². The largest absolute Gasteiger partial charge is 0.497 e. The van der Waals surface area contributed by atoms with Crippen LogP contribution >= 0.6 is 0 Å². The molecule has 4 rings (SSSR count). The van der Waals surface area contributed by atoms with Crippen molar-refractivity contribution >= 4 is 11.8 Å². The van der Waals surface area contributed by atoms with E-state index < -0.39 is 5.97 Å². The highest BCUT2D eigenvalue weighted by Crippen LogP contribution is 2.25. The molecule has 0 aliphatic carbocycles. The van der Waals surface area contributed by atoms with E-state index in [-0.39, 0.29) is 5.56 Å². The molecule has 7 heteroatoms. The number of hydrogen-bond donors (Lipinski definition) is 1. The van der Waals surface area contributed by atoms with E-state index >= 15 is 0 Å². The lowest BCUT2D eigenvalue weighted by Crippen LogP contribution is -2.46. The minimum absolute atomic E-state index is 0.253. The third kappa shape index (κ3) is 5.13. The maximum Gasteiger partial charge on any atom is 0.339 e. The van der Waals surface area contributed by atoms with Crippen LogP contribution in [-0.2, 0) is 6.54 Å². The normalized spacial score (nSPS) is 14.3. The molecule has 1 N–H and O–H groups in total. The van der Waals surface area contributed by atoms with Crippen molar-refractivity contribution in [3.8, 4) is 17.2 Å². The Bertz CT molecular complexity index is 1010. The van der Waals surface area contributed by atoms with Crippen LogP contribution in [0.15, 0.2) is 66.9 Å². The van der Waals surface area contributed by atoms with Crippen LogP contribution in [0.5, 0.6) is 17.2 Å². The SMILES string of the molecule is COc1ccc(Oc2ccc(CN3CCN(c4ncccc4C(=O)O)CC3)cc2)cc1. The first kappa shape index (κ1) is 20.7. The van der Waals surface area contributed by atoms with Crippen LogP contribution in [0.3, 0.4) is 0 Å². The van der Waals surface area contributed by atoms with E-state index in [9.17, 15) is 9.90 Å². The molecule has 3 aromatic rings. The Labute approximate surface area is 181 Å². The van der Waals surface area contributed by atoms with Gasteiger partial charge < -0.3 is 19.5 Å². The van der Waals surface area contributed by atoms with Gasteiger partial charge in [0, 0.05) is 38.9 Å². The summed E-state index contributed by atoms with van der Waals surface area (Å²) in [6.07, 6.45) is 1.64. The van der Waals surface area contributed by atoms with Crippen molar-refractivity contribution < 1.29 is 19.4 Å². The van der Waals surface area contributed by atoms with Gasteiger partial charge in [-0.1, -0.05) is 12.1 Å². The average molecular weight is 419 g/mol. The molecule has 0 bridgehead atoms. The Hall–Kier alpha value is -3.58. The van der Waals surface area contributed by atoms with Crippen LogP contribution in [0, 0.1) is 0 Å². The summed E-state index contributed by atoms with van der Waals surface area (Å²) < 4.78 is 11.0. The van der Waals surface area contributed by atoms with Crippen LogP contribution in [0.2, 0.25) is 0 Å². The Morgan fingerprint density at radius 1 is 0.935 bits per heavy atom. The molecule has 0 amide bonds. The van der Waals surface area contributed by atoms with Gasteiger partial charge in [-0.05, 0) is 54.1 Å². The van der Waals surface area contributed by atoms with Crippen LogP contribution < -0.4 is 14.4 Å². The summed E-state index contributed by atoms with van der Waals surface area (Å²) in [5, 5.41) is 9.39. The fourth-order valence-corrected chi connectivity index (χ4v) is 3.63. The van der Waals surface area contributed by atoms with E-state index in [2.05, 4.69) is 22.0 Å². The molecule has 0 unspecified atom stereocenters. The summed E-state index contributed by atoms with van der Waals surface area (Å²) in [7, 11) is 1.64. The molecule has 2 aromatic carbocycles. The van der Waals surface area contributed by atoms with Crippen molar-refractivity contribution in [2.45, 2.75) is 6.54 Å². The number of aromatic carboxylic acids is 1. The number of ether oxygens (including phenoxy) is 2. The fourth-order valence-electron chi connectivity index (χ4n) is 3.63. The Kier molecular flexibility index (Phi) is 6.33. The van der Waals surface area contributed by atoms with E-state index in [1.165, 1.54) is 5.56 Å². The lowest BCUT2D eigenvalue weighted by Gasteiger charge is -2.35. The van der Waals surface area contributed by atoms with Gasteiger partial charge in [0.1, 0.15) is 28.6 Å². The van der Waals surface area contributed by atoms with Crippen molar-refractivity contribution in [2.75, 3.05) is 38.2 Å². The fraction of sp³-hybridized carbons (Fsp3) is 0.250. The number of rotatable bonds is 7. The van der Waals surface area contributed by atoms with E-state index in [1.54, 1.807) is 25.4 Å². The number of nitrogens with zero attached hydrogens (tertiary/aromatic N) is 3. The van der Waals surface area contributed by atoms with Crippen LogP contribution in [0.4, 0.5) is 5.82 Å². The number of anilines is 1. The third-order valence-corrected chi connectivity index (χ3v) is 5.31. The molecule has 0 saturated carbocycles. The van der Waals surface area contributed by atoms with Crippen molar-refractivity contribution in [1.82, 2.24) is 9.88 Å². The monoisotopic (exact) mass is 419 g/mol. The highest BCUT2D eigenvalue weighted by atomic mass is 16.5. The molecule has 7 nitrogen and oxygen atoms in total. The van der Waals surface area contributed by atoms with Gasteiger partial charge in [0.25, 0.3) is 0 Å². The molecule has 0 atom stereocenters. The van der Waals surface area contributed by atoms with E-state index in [0.29, 0.717) is 5.82 Å². The summed E-state index contributed by atoms with van der Waals surface area (Å²) in [6, 6.07) is 18.9. The van der Waals surface area contributed by atoms with E-state index in [1.807, 2.05) is 41.3 Å². The van der Waals surface area contributed by atoms with Crippen molar-refractivity contribution in [2.24, 2.45) is 0 Å². The minimum atomic E-state index is -0.942. The molecular formula is C24H25N3O4. The van der Waals surface area contributed by atoms with Gasteiger partial charge in [-0.2, -0.15) is 0 Å². The first-order valence-electron chi connectivity index (χ1n) is 10.2. The Morgan fingerprint density at radius 3 is 2.16 bits per heavy atom. The standard InChI is InChI=1S/C24H25N3O4/c1-30-19-8-10-21(11-9-19)31-20-6-4-18(5-7-20)17-26-13-15-27(16-14-26)23-22(24(28)29)3-2-12-25-23/h2-12H,13-17H2,1H3,(H,28,29). The number of hydrogen-bond acceptors (Lipinski definition) is 6. The number of benzene rings is 2. The molecule has 1 aliphatic rings. The van der Waals surface area contributed by atoms with Crippen LogP contribution in [0.1, 0.15) is 15.9 Å². The summed E-state index contributed by atoms with van der Waals surface area (Å²) in [4.78, 5) is 20.1. The molecule has 1 aliphatic heterocycles. The number of carboxylic acid groups (broad SMARTS) is 1. The number of carbonyl (C=O) groups is 1. The highest BCUT2D eigenvalue weighted by Gasteiger charge is 2.22. The number of aromatic nitrogens is 1. The maximum absolute atomic E-state index is 11.4. The lowest BCUT2D eigenvalue weighted by atomic mass is 10.1. The van der Waals surface area contributed by atoms with Gasteiger partial charge in [0.2, 0.25) is 0 Å². The van der Waals surface area contributed by atoms with Gasteiger partial charge in [0.15, 0.2) is 0 Å². The minimum Gasteiger partial charge on any atom is -0.497 e. The number of pyridine rings is 1. The van der Waals surface area contributed by atoms with Gasteiger partial charge in [0.05, 0.1) is 7.11 Å². The van der Waals surface area contributed by atoms with Crippen LogP contribution in [0.25, 0.3) is 0 Å². The topological polar surface area (TPSA) is 75.1 Å². The summed E-state index contributed by atoms with van der Waals surface area (Å²) in [5.41, 5.74) is 1.46. The van der Waals surface area contributed by atoms with Crippen LogP contribution in [-0.4, -0.2) is 54.2 Å². The quantitative estimate of drug-likeness (QED) is 0.622. The Balaban J connectivity index is 1.31. The molecule has 1 saturated heterocycles. The molecule has 1 aromatic heterocycles. The molecule has 31 heavy (non-hydrogen) atoms. The van der Waals surface area contributed by atoms with E-state index in [0.717, 1.165) is 50.0 Å². The zero-order chi connectivity index (χ0) is 21.6. The van der Waals surface area contributed by atoms with Crippen molar-refractivity contribution in [1.29, 1.82) is 0 Å². The molecular weight excluding hydrogens is 394 g/mol. The number of piperazine rings is 1. The van der Waals surface area contributed by atoms with Gasteiger partial charge in [-0.3, -0.25) is 4.90 Å². The second kappa shape index (κ2) is 9.49.